The van der Waals surface area contributed by atoms with Gasteiger partial charge in [0, 0.05) is 24.8 Å². The fourth-order valence-electron chi connectivity index (χ4n) is 2.43. The summed E-state index contributed by atoms with van der Waals surface area (Å²) in [5, 5.41) is 9.37. The number of carboxylic acid groups (broad SMARTS) is 1. The van der Waals surface area contributed by atoms with Gasteiger partial charge in [0.25, 0.3) is 0 Å². The molecule has 5 nitrogen and oxygen atoms in total. The maximum absolute atomic E-state index is 11.4. The van der Waals surface area contributed by atoms with Crippen molar-refractivity contribution in [1.82, 2.24) is 9.97 Å². The van der Waals surface area contributed by atoms with Crippen LogP contribution in [0.4, 0.5) is 5.82 Å². The average Bonchev–Trinajstić information content (AvgIpc) is 2.84. The van der Waals surface area contributed by atoms with Crippen molar-refractivity contribution in [2.75, 3.05) is 18.0 Å². The number of anilines is 1. The van der Waals surface area contributed by atoms with Crippen LogP contribution in [0.25, 0.3) is 0 Å². The minimum atomic E-state index is -0.697. The monoisotopic (exact) mass is 249 g/mol. The first-order valence-corrected chi connectivity index (χ1v) is 6.40. The molecule has 2 rings (SSSR count). The van der Waals surface area contributed by atoms with E-state index in [1.54, 1.807) is 6.33 Å². The molecule has 1 fully saturated rings. The predicted molar refractivity (Wildman–Crippen MR) is 68.6 cm³/mol. The molecule has 1 saturated heterocycles. The normalized spacial score (nSPS) is 23.3. The summed E-state index contributed by atoms with van der Waals surface area (Å²) in [4.78, 5) is 21.9. The first-order valence-electron chi connectivity index (χ1n) is 6.40. The molecule has 0 aliphatic carbocycles. The Morgan fingerprint density at radius 2 is 2.28 bits per heavy atom. The summed E-state index contributed by atoms with van der Waals surface area (Å²) in [5.74, 6) is 0.149. The van der Waals surface area contributed by atoms with Gasteiger partial charge >= 0.3 is 5.97 Å². The molecular weight excluding hydrogens is 230 g/mol. The van der Waals surface area contributed by atoms with Gasteiger partial charge in [0.15, 0.2) is 0 Å². The quantitative estimate of drug-likeness (QED) is 0.880. The van der Waals surface area contributed by atoms with Crippen LogP contribution in [0.15, 0.2) is 12.4 Å². The molecule has 0 saturated carbocycles. The summed E-state index contributed by atoms with van der Waals surface area (Å²) in [6, 6.07) is 1.95. The molecular formula is C13H19N3O2. The lowest BCUT2D eigenvalue weighted by Gasteiger charge is -2.23. The number of hydrogen-bond acceptors (Lipinski definition) is 4. The van der Waals surface area contributed by atoms with Gasteiger partial charge in [-0.15, -0.1) is 0 Å². The second kappa shape index (κ2) is 4.92. The van der Waals surface area contributed by atoms with E-state index in [0.29, 0.717) is 19.4 Å². The highest BCUT2D eigenvalue weighted by molar-refractivity contribution is 5.76. The summed E-state index contributed by atoms with van der Waals surface area (Å²) in [5.41, 5.74) is 0.376. The van der Waals surface area contributed by atoms with E-state index in [0.717, 1.165) is 24.5 Å². The van der Waals surface area contributed by atoms with Crippen LogP contribution in [0.2, 0.25) is 0 Å². The molecule has 1 aliphatic heterocycles. The summed E-state index contributed by atoms with van der Waals surface area (Å²) in [6.45, 7) is 5.28. The van der Waals surface area contributed by atoms with Crippen LogP contribution >= 0.6 is 0 Å². The van der Waals surface area contributed by atoms with Crippen molar-refractivity contribution in [2.24, 2.45) is 5.41 Å². The molecule has 0 spiro atoms. The predicted octanol–water partition coefficient (Wildman–Crippen LogP) is 1.73. The van der Waals surface area contributed by atoms with Gasteiger partial charge in [-0.2, -0.15) is 0 Å². The Kier molecular flexibility index (Phi) is 3.50. The third kappa shape index (κ3) is 2.17. The SMILES string of the molecule is CCc1cc(N2CCC(CC)(C(=O)O)C2)ncn1. The zero-order chi connectivity index (χ0) is 13.2. The number of aromatic nitrogens is 2. The van der Waals surface area contributed by atoms with Gasteiger partial charge in [-0.1, -0.05) is 13.8 Å². The van der Waals surface area contributed by atoms with Gasteiger partial charge in [0.1, 0.15) is 12.1 Å². The van der Waals surface area contributed by atoms with Crippen LogP contribution in [0.1, 0.15) is 32.4 Å². The molecule has 2 heterocycles. The van der Waals surface area contributed by atoms with Crippen LogP contribution in [0.5, 0.6) is 0 Å². The molecule has 1 atom stereocenters. The van der Waals surface area contributed by atoms with E-state index >= 15 is 0 Å². The fraction of sp³-hybridized carbons (Fsp3) is 0.615. The number of rotatable bonds is 4. The minimum Gasteiger partial charge on any atom is -0.481 e. The highest BCUT2D eigenvalue weighted by atomic mass is 16.4. The second-order valence-corrected chi connectivity index (χ2v) is 4.83. The summed E-state index contributed by atoms with van der Waals surface area (Å²) < 4.78 is 0. The lowest BCUT2D eigenvalue weighted by atomic mass is 9.84. The van der Waals surface area contributed by atoms with Gasteiger partial charge < -0.3 is 10.0 Å². The standard InChI is InChI=1S/C13H19N3O2/c1-3-10-7-11(15-9-14-10)16-6-5-13(4-2,8-16)12(17)18/h7,9H,3-6,8H2,1-2H3,(H,17,18). The maximum atomic E-state index is 11.4. The maximum Gasteiger partial charge on any atom is 0.311 e. The second-order valence-electron chi connectivity index (χ2n) is 4.83. The largest absolute Gasteiger partial charge is 0.481 e. The lowest BCUT2D eigenvalue weighted by molar-refractivity contribution is -0.147. The number of aryl methyl sites for hydroxylation is 1. The molecule has 0 radical (unpaired) electrons. The smallest absolute Gasteiger partial charge is 0.311 e. The Balaban J connectivity index is 2.19. The van der Waals surface area contributed by atoms with E-state index in [2.05, 4.69) is 14.9 Å². The zero-order valence-corrected chi connectivity index (χ0v) is 10.9. The number of aliphatic carboxylic acids is 1. The van der Waals surface area contributed by atoms with Crippen molar-refractivity contribution in [3.63, 3.8) is 0 Å². The van der Waals surface area contributed by atoms with Crippen molar-refractivity contribution >= 4 is 11.8 Å². The lowest BCUT2D eigenvalue weighted by Crippen LogP contribution is -2.34. The van der Waals surface area contributed by atoms with Crippen molar-refractivity contribution in [3.05, 3.63) is 18.1 Å². The van der Waals surface area contributed by atoms with Gasteiger partial charge in [0.05, 0.1) is 5.41 Å². The van der Waals surface area contributed by atoms with E-state index in [1.165, 1.54) is 0 Å². The molecule has 1 aliphatic rings. The number of carboxylic acids is 1. The molecule has 0 bridgehead atoms. The first-order chi connectivity index (χ1) is 8.61. The molecule has 0 amide bonds. The number of hydrogen-bond donors (Lipinski definition) is 1. The summed E-state index contributed by atoms with van der Waals surface area (Å²) in [6.07, 6.45) is 3.76. The van der Waals surface area contributed by atoms with Gasteiger partial charge in [-0.3, -0.25) is 4.79 Å². The number of carbonyl (C=O) groups is 1. The van der Waals surface area contributed by atoms with E-state index in [-0.39, 0.29) is 0 Å². The molecule has 5 heteroatoms. The third-order valence-electron chi connectivity index (χ3n) is 3.88. The molecule has 1 unspecified atom stereocenters. The Labute approximate surface area is 107 Å². The van der Waals surface area contributed by atoms with Crippen LogP contribution in [0, 0.1) is 5.41 Å². The Bertz CT molecular complexity index is 450. The van der Waals surface area contributed by atoms with Gasteiger partial charge in [-0.05, 0) is 19.3 Å². The molecule has 18 heavy (non-hydrogen) atoms. The molecule has 1 N–H and O–H groups in total. The van der Waals surface area contributed by atoms with Crippen molar-refractivity contribution in [1.29, 1.82) is 0 Å². The Hall–Kier alpha value is -1.65. The topological polar surface area (TPSA) is 66.3 Å². The molecule has 98 valence electrons. The van der Waals surface area contributed by atoms with Gasteiger partial charge in [0.2, 0.25) is 0 Å². The van der Waals surface area contributed by atoms with Crippen molar-refractivity contribution in [3.8, 4) is 0 Å². The Morgan fingerprint density at radius 1 is 1.50 bits per heavy atom. The van der Waals surface area contributed by atoms with E-state index in [1.807, 2.05) is 19.9 Å². The zero-order valence-electron chi connectivity index (χ0n) is 10.9. The van der Waals surface area contributed by atoms with Crippen LogP contribution in [-0.4, -0.2) is 34.1 Å². The minimum absolute atomic E-state index is 0.541. The Morgan fingerprint density at radius 3 is 2.83 bits per heavy atom. The van der Waals surface area contributed by atoms with Crippen molar-refractivity contribution in [2.45, 2.75) is 33.1 Å². The summed E-state index contributed by atoms with van der Waals surface area (Å²) >= 11 is 0. The van der Waals surface area contributed by atoms with Crippen LogP contribution in [-0.2, 0) is 11.2 Å². The number of nitrogens with zero attached hydrogens (tertiary/aromatic N) is 3. The van der Waals surface area contributed by atoms with Crippen molar-refractivity contribution < 1.29 is 9.90 Å². The van der Waals surface area contributed by atoms with E-state index < -0.39 is 11.4 Å². The first kappa shape index (κ1) is 12.8. The molecule has 0 aromatic carbocycles. The average molecular weight is 249 g/mol. The highest BCUT2D eigenvalue weighted by Gasteiger charge is 2.43. The summed E-state index contributed by atoms with van der Waals surface area (Å²) in [7, 11) is 0. The van der Waals surface area contributed by atoms with Crippen LogP contribution < -0.4 is 4.90 Å². The molecule has 1 aromatic heterocycles. The van der Waals surface area contributed by atoms with Crippen LogP contribution in [0.3, 0.4) is 0 Å². The fourth-order valence-corrected chi connectivity index (χ4v) is 2.43. The van der Waals surface area contributed by atoms with E-state index in [4.69, 9.17) is 0 Å². The molecule has 1 aromatic rings. The highest BCUT2D eigenvalue weighted by Crippen LogP contribution is 2.36. The van der Waals surface area contributed by atoms with E-state index in [9.17, 15) is 9.90 Å². The third-order valence-corrected chi connectivity index (χ3v) is 3.88. The van der Waals surface area contributed by atoms with Gasteiger partial charge in [-0.25, -0.2) is 9.97 Å².